The molecule has 1 aromatic carbocycles. The van der Waals surface area contributed by atoms with Crippen LogP contribution in [0.1, 0.15) is 10.4 Å². The van der Waals surface area contributed by atoms with Crippen LogP contribution >= 0.6 is 0 Å². The molecule has 0 spiro atoms. The number of carbonyl (C=O) groups is 1. The number of pyridine rings is 1. The smallest absolute Gasteiger partial charge is 0.333 e. The Balaban J connectivity index is 2.27. The second kappa shape index (κ2) is 4.58. The van der Waals surface area contributed by atoms with E-state index in [4.69, 9.17) is 0 Å². The lowest BCUT2D eigenvalue weighted by Crippen LogP contribution is -2.41. The summed E-state index contributed by atoms with van der Waals surface area (Å²) in [6, 6.07) is 12.0. The Morgan fingerprint density at radius 1 is 1.10 bits per heavy atom. The first-order valence-corrected chi connectivity index (χ1v) is 5.89. The zero-order valence-corrected chi connectivity index (χ0v) is 10.3. The van der Waals surface area contributed by atoms with E-state index in [2.05, 4.69) is 5.10 Å². The molecule has 0 aliphatic carbocycles. The van der Waals surface area contributed by atoms with Gasteiger partial charge in [-0.05, 0) is 22.7 Å². The van der Waals surface area contributed by atoms with Gasteiger partial charge >= 0.3 is 11.1 Å². The van der Waals surface area contributed by atoms with Crippen molar-refractivity contribution in [1.82, 2.24) is 9.67 Å². The molecule has 0 fully saturated rings. The summed E-state index contributed by atoms with van der Waals surface area (Å²) in [6.45, 7) is 0. The number of rotatable bonds is 1. The molecule has 3 rings (SSSR count). The van der Waals surface area contributed by atoms with Crippen molar-refractivity contribution in [3.8, 4) is 6.01 Å². The van der Waals surface area contributed by atoms with Crippen LogP contribution in [-0.4, -0.2) is 15.6 Å². The molecule has 0 saturated carbocycles. The van der Waals surface area contributed by atoms with E-state index in [1.54, 1.807) is 30.3 Å². The predicted molar refractivity (Wildman–Crippen MR) is 67.3 cm³/mol. The maximum atomic E-state index is 12.2. The van der Waals surface area contributed by atoms with Gasteiger partial charge in [-0.1, -0.05) is 18.2 Å². The highest BCUT2D eigenvalue weighted by Gasteiger charge is 2.18. The number of hydrogen-bond acceptors (Lipinski definition) is 4. The molecule has 20 heavy (non-hydrogen) atoms. The van der Waals surface area contributed by atoms with Gasteiger partial charge in [0, 0.05) is 22.8 Å². The van der Waals surface area contributed by atoms with E-state index in [9.17, 15) is 14.7 Å². The highest BCUT2D eigenvalue weighted by atomic mass is 16.3. The van der Waals surface area contributed by atoms with Crippen LogP contribution < -0.4 is 15.2 Å². The lowest BCUT2D eigenvalue weighted by atomic mass is 10.2. The first-order valence-electron chi connectivity index (χ1n) is 5.89. The lowest BCUT2D eigenvalue weighted by molar-refractivity contribution is -0.590. The monoisotopic (exact) mass is 267 g/mol. The molecular weight excluding hydrogens is 258 g/mol. The summed E-state index contributed by atoms with van der Waals surface area (Å²) in [5.74, 6) is -0.681. The summed E-state index contributed by atoms with van der Waals surface area (Å²) >= 11 is 0. The highest BCUT2D eigenvalue weighted by Crippen LogP contribution is 2.04. The highest BCUT2D eigenvalue weighted by molar-refractivity contribution is 5.96. The zero-order valence-electron chi connectivity index (χ0n) is 10.3. The van der Waals surface area contributed by atoms with E-state index in [1.165, 1.54) is 28.9 Å². The Kier molecular flexibility index (Phi) is 2.76. The Bertz CT molecular complexity index is 856. The number of benzene rings is 1. The molecule has 0 atom stereocenters. The van der Waals surface area contributed by atoms with Crippen molar-refractivity contribution in [2.45, 2.75) is 0 Å². The zero-order chi connectivity index (χ0) is 14.1. The summed E-state index contributed by atoms with van der Waals surface area (Å²) < 4.78 is 1.71. The third-order valence-electron chi connectivity index (χ3n) is 2.87. The van der Waals surface area contributed by atoms with E-state index >= 15 is 0 Å². The summed E-state index contributed by atoms with van der Waals surface area (Å²) in [5, 5.41) is 15.6. The maximum absolute atomic E-state index is 12.2. The molecule has 0 aliphatic heterocycles. The van der Waals surface area contributed by atoms with Gasteiger partial charge in [0.25, 0.3) is 5.91 Å². The van der Waals surface area contributed by atoms with E-state index in [-0.39, 0.29) is 11.1 Å². The minimum atomic E-state index is -0.896. The van der Waals surface area contributed by atoms with Crippen molar-refractivity contribution in [3.63, 3.8) is 0 Å². The normalized spacial score (nSPS) is 10.6. The van der Waals surface area contributed by atoms with E-state index in [1.807, 2.05) is 0 Å². The second-order valence-electron chi connectivity index (χ2n) is 4.12. The summed E-state index contributed by atoms with van der Waals surface area (Å²) in [4.78, 5) is 24.5. The molecule has 0 amide bonds. The first kappa shape index (κ1) is 12.0. The van der Waals surface area contributed by atoms with Crippen LogP contribution in [-0.2, 0) is 0 Å². The van der Waals surface area contributed by atoms with Gasteiger partial charge in [-0.25, -0.2) is 4.57 Å². The number of hydrogen-bond donors (Lipinski definition) is 0. The van der Waals surface area contributed by atoms with Crippen LogP contribution in [0.5, 0.6) is 6.01 Å². The third kappa shape index (κ3) is 1.83. The van der Waals surface area contributed by atoms with Crippen molar-refractivity contribution in [1.29, 1.82) is 0 Å². The van der Waals surface area contributed by atoms with Crippen molar-refractivity contribution < 1.29 is 14.4 Å². The average molecular weight is 267 g/mol. The Hall–Kier alpha value is -3.02. The molecule has 0 saturated heterocycles. The molecule has 0 radical (unpaired) electrons. The molecule has 0 bridgehead atoms. The largest absolute Gasteiger partial charge is 0.841 e. The number of fused-ring (bicyclic) bond motifs is 1. The average Bonchev–Trinajstić information content (AvgIpc) is 2.48. The maximum Gasteiger partial charge on any atom is 0.333 e. The van der Waals surface area contributed by atoms with Crippen molar-refractivity contribution in [2.75, 3.05) is 0 Å². The van der Waals surface area contributed by atoms with Gasteiger partial charge in [0.15, 0.2) is 0 Å². The molecule has 0 N–H and O–H groups in total. The van der Waals surface area contributed by atoms with Gasteiger partial charge in [-0.15, -0.1) is 0 Å². The van der Waals surface area contributed by atoms with Crippen LogP contribution in [0.4, 0.5) is 0 Å². The third-order valence-corrected chi connectivity index (χ3v) is 2.87. The van der Waals surface area contributed by atoms with Crippen LogP contribution in [0.3, 0.4) is 0 Å². The molecule has 2 aromatic heterocycles. The lowest BCUT2D eigenvalue weighted by Gasteiger charge is -2.10. The molecule has 0 aliphatic rings. The minimum Gasteiger partial charge on any atom is -0.841 e. The van der Waals surface area contributed by atoms with Gasteiger partial charge in [0.2, 0.25) is 6.20 Å². The fourth-order valence-corrected chi connectivity index (χ4v) is 1.92. The first-order chi connectivity index (χ1) is 9.68. The van der Waals surface area contributed by atoms with E-state index < -0.39 is 17.5 Å². The topological polar surface area (TPSA) is 79.1 Å². The molecule has 3 aromatic rings. The number of aromatic nitrogens is 3. The van der Waals surface area contributed by atoms with Crippen LogP contribution in [0.2, 0.25) is 0 Å². The molecular formula is C14H9N3O3. The predicted octanol–water partition coefficient (Wildman–Crippen LogP) is -0.256. The van der Waals surface area contributed by atoms with E-state index in [0.717, 1.165) is 0 Å². The Morgan fingerprint density at radius 2 is 1.80 bits per heavy atom. The van der Waals surface area contributed by atoms with Crippen LogP contribution in [0.15, 0.2) is 59.5 Å². The fourth-order valence-electron chi connectivity index (χ4n) is 1.92. The minimum absolute atomic E-state index is 0.163. The molecule has 98 valence electrons. The quantitative estimate of drug-likeness (QED) is 0.569. The van der Waals surface area contributed by atoms with Gasteiger partial charge in [0.1, 0.15) is 6.01 Å². The van der Waals surface area contributed by atoms with Gasteiger partial charge in [0.05, 0.1) is 0 Å². The number of nitrogens with zero attached hydrogens (tertiary/aromatic N) is 3. The molecule has 6 nitrogen and oxygen atoms in total. The summed E-state index contributed by atoms with van der Waals surface area (Å²) in [5.41, 5.74) is -0.260. The summed E-state index contributed by atoms with van der Waals surface area (Å²) in [7, 11) is 0. The summed E-state index contributed by atoms with van der Waals surface area (Å²) in [6.07, 6.45) is 1.48. The van der Waals surface area contributed by atoms with Gasteiger partial charge in [-0.2, -0.15) is 0 Å². The Labute approximate surface area is 113 Å². The standard InChI is InChI=1S/C14H9N3O3/c18-12(10-6-2-1-3-7-10)17-13(19)11-8-4-5-9-16(11)15-14(17)20/h1-9H. The SMILES string of the molecule is O=C(c1ccccc1)n1c([O-])n[n+]2ccccc2c1=O. The fraction of sp³-hybridized carbons (Fsp3) is 0. The van der Waals surface area contributed by atoms with E-state index in [0.29, 0.717) is 4.57 Å². The van der Waals surface area contributed by atoms with Crippen LogP contribution in [0.25, 0.3) is 5.52 Å². The van der Waals surface area contributed by atoms with Crippen molar-refractivity contribution >= 4 is 11.4 Å². The second-order valence-corrected chi connectivity index (χ2v) is 4.12. The van der Waals surface area contributed by atoms with Crippen LogP contribution in [0, 0.1) is 0 Å². The molecule has 6 heteroatoms. The molecule has 2 heterocycles. The number of carbonyl (C=O) groups excluding carboxylic acids is 1. The van der Waals surface area contributed by atoms with Crippen molar-refractivity contribution in [2.24, 2.45) is 0 Å². The van der Waals surface area contributed by atoms with Gasteiger partial charge in [-0.3, -0.25) is 9.59 Å². The Morgan fingerprint density at radius 3 is 2.55 bits per heavy atom. The van der Waals surface area contributed by atoms with Crippen molar-refractivity contribution in [3.05, 3.63) is 70.6 Å². The van der Waals surface area contributed by atoms with Gasteiger partial charge < -0.3 is 5.11 Å². The molecule has 0 unspecified atom stereocenters.